The molecule has 3 rings (SSSR count). The van der Waals surface area contributed by atoms with E-state index in [1.807, 2.05) is 6.92 Å². The Morgan fingerprint density at radius 1 is 1.03 bits per heavy atom. The van der Waals surface area contributed by atoms with Gasteiger partial charge in [-0.15, -0.1) is 0 Å². The molecule has 1 heterocycles. The monoisotopic (exact) mass is 519 g/mol. The molecule has 202 valence electrons. The first kappa shape index (κ1) is 28.4. The van der Waals surface area contributed by atoms with E-state index in [2.05, 4.69) is 28.9 Å². The van der Waals surface area contributed by atoms with Crippen LogP contribution in [0.1, 0.15) is 124 Å². The van der Waals surface area contributed by atoms with Crippen LogP contribution in [0.15, 0.2) is 0 Å². The number of rotatable bonds is 11. The average Bonchev–Trinajstić information content (AvgIpc) is 3.26. The number of carbonyl (C=O) groups excluding carboxylic acids is 3. The van der Waals surface area contributed by atoms with E-state index < -0.39 is 6.04 Å². The summed E-state index contributed by atoms with van der Waals surface area (Å²) in [7, 11) is 0. The first-order chi connectivity index (χ1) is 17.3. The number of nitrogens with two attached hydrogens (primary N) is 1. The Morgan fingerprint density at radius 2 is 1.67 bits per heavy atom. The van der Waals surface area contributed by atoms with Gasteiger partial charge in [-0.3, -0.25) is 14.4 Å². The zero-order chi connectivity index (χ0) is 26.1. The molecule has 3 amide bonds. The summed E-state index contributed by atoms with van der Waals surface area (Å²) in [6, 6.07) is -0.438. The molecular weight excluding hydrogens is 474 g/mol. The van der Waals surface area contributed by atoms with Crippen molar-refractivity contribution in [2.24, 2.45) is 5.92 Å². The van der Waals surface area contributed by atoms with E-state index >= 15 is 0 Å². The number of anilines is 1. The highest BCUT2D eigenvalue weighted by molar-refractivity contribution is 7.09. The van der Waals surface area contributed by atoms with Gasteiger partial charge in [0.05, 0.1) is 5.69 Å². The summed E-state index contributed by atoms with van der Waals surface area (Å²) < 4.78 is 4.31. The number of nitrogens with one attached hydrogen (secondary N) is 2. The molecule has 0 aromatic carbocycles. The van der Waals surface area contributed by atoms with E-state index in [1.165, 1.54) is 6.42 Å². The van der Waals surface area contributed by atoms with Crippen molar-refractivity contribution in [2.75, 3.05) is 12.3 Å². The first-order valence-electron chi connectivity index (χ1n) is 14.0. The highest BCUT2D eigenvalue weighted by atomic mass is 32.1. The van der Waals surface area contributed by atoms with Crippen molar-refractivity contribution in [2.45, 2.75) is 122 Å². The summed E-state index contributed by atoms with van der Waals surface area (Å²) in [6.45, 7) is 6.88. The number of nitrogens with zero attached hydrogens (tertiary/aromatic N) is 2. The van der Waals surface area contributed by atoms with Crippen LogP contribution in [-0.2, 0) is 4.79 Å². The fraction of sp³-hybridized carbons (Fsp3) is 0.778. The summed E-state index contributed by atoms with van der Waals surface area (Å²) >= 11 is 0.977. The van der Waals surface area contributed by atoms with Crippen LogP contribution < -0.4 is 16.4 Å². The smallest absolute Gasteiger partial charge is 0.273 e. The largest absolute Gasteiger partial charge is 0.395 e. The first-order valence-corrected chi connectivity index (χ1v) is 14.8. The van der Waals surface area contributed by atoms with Crippen molar-refractivity contribution in [3.05, 3.63) is 10.6 Å². The molecule has 2 fully saturated rings. The minimum absolute atomic E-state index is 0.0142. The molecule has 0 spiro atoms. The Labute approximate surface area is 220 Å². The van der Waals surface area contributed by atoms with Crippen molar-refractivity contribution < 1.29 is 14.4 Å². The lowest BCUT2D eigenvalue weighted by Gasteiger charge is -2.39. The Hall–Kier alpha value is -2.16. The van der Waals surface area contributed by atoms with E-state index in [-0.39, 0.29) is 46.1 Å². The van der Waals surface area contributed by atoms with Crippen LogP contribution >= 0.6 is 11.5 Å². The van der Waals surface area contributed by atoms with Gasteiger partial charge < -0.3 is 21.3 Å². The zero-order valence-corrected chi connectivity index (χ0v) is 23.1. The Balaban J connectivity index is 1.83. The van der Waals surface area contributed by atoms with E-state index in [0.29, 0.717) is 18.9 Å². The summed E-state index contributed by atoms with van der Waals surface area (Å²) in [5, 5.41) is 6.12. The van der Waals surface area contributed by atoms with Gasteiger partial charge in [0.1, 0.15) is 10.9 Å². The second-order valence-corrected chi connectivity index (χ2v) is 11.6. The predicted octanol–water partition coefficient (Wildman–Crippen LogP) is 4.89. The lowest BCUT2D eigenvalue weighted by atomic mass is 9.92. The van der Waals surface area contributed by atoms with Gasteiger partial charge in [0.2, 0.25) is 5.91 Å². The standard InChI is InChI=1S/C27H45N5O3S/c1-4-11-21(25(33)29-17-16-18(2)3)32(20-14-9-6-10-15-20)27(35)24-22(28)23(31-36-24)26(34)30-19-12-7-5-8-13-19/h18-21H,4-17,28H2,1-3H3,(H,29,33)(H,30,34)/t21-/m0/s1. The predicted molar refractivity (Wildman–Crippen MR) is 145 cm³/mol. The van der Waals surface area contributed by atoms with Crippen LogP contribution in [0.4, 0.5) is 5.69 Å². The van der Waals surface area contributed by atoms with Gasteiger partial charge in [-0.25, -0.2) is 0 Å². The molecule has 2 saturated carbocycles. The number of carbonyl (C=O) groups is 3. The number of aromatic nitrogens is 1. The van der Waals surface area contributed by atoms with E-state index in [9.17, 15) is 14.4 Å². The summed E-state index contributed by atoms with van der Waals surface area (Å²) in [5.74, 6) is -0.197. The van der Waals surface area contributed by atoms with Gasteiger partial charge in [0.15, 0.2) is 5.69 Å². The summed E-state index contributed by atoms with van der Waals surface area (Å²) in [6.07, 6.45) is 12.6. The van der Waals surface area contributed by atoms with Gasteiger partial charge in [0, 0.05) is 18.6 Å². The fourth-order valence-corrected chi connectivity index (χ4v) is 6.17. The van der Waals surface area contributed by atoms with Crippen LogP contribution in [0, 0.1) is 5.92 Å². The molecule has 2 aliphatic carbocycles. The lowest BCUT2D eigenvalue weighted by Crippen LogP contribution is -2.54. The van der Waals surface area contributed by atoms with Gasteiger partial charge in [-0.2, -0.15) is 4.37 Å². The van der Waals surface area contributed by atoms with Gasteiger partial charge in [-0.1, -0.05) is 65.7 Å². The van der Waals surface area contributed by atoms with Crippen LogP contribution in [0.3, 0.4) is 0 Å². The fourth-order valence-electron chi connectivity index (χ4n) is 5.43. The Bertz CT molecular complexity index is 875. The van der Waals surface area contributed by atoms with Crippen LogP contribution in [-0.4, -0.2) is 51.7 Å². The van der Waals surface area contributed by atoms with Crippen molar-refractivity contribution in [3.8, 4) is 0 Å². The highest BCUT2D eigenvalue weighted by Crippen LogP contribution is 2.31. The molecule has 8 nitrogen and oxygen atoms in total. The van der Waals surface area contributed by atoms with E-state index in [1.54, 1.807) is 4.90 Å². The highest BCUT2D eigenvalue weighted by Gasteiger charge is 2.38. The second kappa shape index (κ2) is 14.0. The number of hydrogen-bond donors (Lipinski definition) is 3. The molecule has 0 bridgehead atoms. The molecule has 0 saturated heterocycles. The molecule has 1 aromatic rings. The normalized spacial score (nSPS) is 18.1. The third-order valence-electron chi connectivity index (χ3n) is 7.50. The molecular formula is C27H45N5O3S. The van der Waals surface area contributed by atoms with Gasteiger partial charge in [-0.05, 0) is 56.0 Å². The quantitative estimate of drug-likeness (QED) is 0.385. The second-order valence-electron chi connectivity index (χ2n) is 10.9. The molecule has 36 heavy (non-hydrogen) atoms. The van der Waals surface area contributed by atoms with Crippen molar-refractivity contribution in [3.63, 3.8) is 0 Å². The molecule has 1 atom stereocenters. The molecule has 1 aromatic heterocycles. The third kappa shape index (κ3) is 7.43. The minimum Gasteiger partial charge on any atom is -0.395 e. The zero-order valence-electron chi connectivity index (χ0n) is 22.3. The van der Waals surface area contributed by atoms with Crippen LogP contribution in [0.2, 0.25) is 0 Å². The molecule has 0 radical (unpaired) electrons. The summed E-state index contributed by atoms with van der Waals surface area (Å²) in [4.78, 5) is 42.3. The maximum absolute atomic E-state index is 14.0. The number of amides is 3. The van der Waals surface area contributed by atoms with Gasteiger partial charge >= 0.3 is 0 Å². The maximum Gasteiger partial charge on any atom is 0.273 e. The number of nitrogen functional groups attached to an aromatic ring is 1. The lowest BCUT2D eigenvalue weighted by molar-refractivity contribution is -0.127. The van der Waals surface area contributed by atoms with E-state index in [4.69, 9.17) is 5.73 Å². The SMILES string of the molecule is CCC[C@@H](C(=O)NCCC(C)C)N(C(=O)c1snc(C(=O)NC2CCCCC2)c1N)C1CCCCC1. The molecule has 2 aliphatic rings. The topological polar surface area (TPSA) is 117 Å². The number of hydrogen-bond acceptors (Lipinski definition) is 6. The van der Waals surface area contributed by atoms with Gasteiger partial charge in [0.25, 0.3) is 11.8 Å². The van der Waals surface area contributed by atoms with Crippen molar-refractivity contribution in [1.82, 2.24) is 19.9 Å². The summed E-state index contributed by atoms with van der Waals surface area (Å²) in [5.41, 5.74) is 6.64. The maximum atomic E-state index is 14.0. The Kier molecular flexibility index (Phi) is 11.0. The average molecular weight is 520 g/mol. The molecule has 4 N–H and O–H groups in total. The van der Waals surface area contributed by atoms with E-state index in [0.717, 1.165) is 82.2 Å². The minimum atomic E-state index is -0.557. The van der Waals surface area contributed by atoms with Crippen LogP contribution in [0.25, 0.3) is 0 Å². The van der Waals surface area contributed by atoms with Crippen LogP contribution in [0.5, 0.6) is 0 Å². The third-order valence-corrected chi connectivity index (χ3v) is 8.35. The molecule has 0 aliphatic heterocycles. The van der Waals surface area contributed by atoms with Crippen molar-refractivity contribution in [1.29, 1.82) is 0 Å². The Morgan fingerprint density at radius 3 is 2.28 bits per heavy atom. The van der Waals surface area contributed by atoms with Crippen molar-refractivity contribution >= 4 is 34.9 Å². The molecule has 0 unspecified atom stereocenters. The molecule has 9 heteroatoms.